The molecule has 1 atom stereocenters. The third-order valence-electron chi connectivity index (χ3n) is 2.80. The first-order valence-electron chi connectivity index (χ1n) is 6.01. The highest BCUT2D eigenvalue weighted by Gasteiger charge is 2.03. The Labute approximate surface area is 98.7 Å². The molecule has 90 valence electrons. The van der Waals surface area contributed by atoms with Gasteiger partial charge in [0.15, 0.2) is 0 Å². The summed E-state index contributed by atoms with van der Waals surface area (Å²) in [6, 6.07) is 6.05. The van der Waals surface area contributed by atoms with E-state index in [1.165, 1.54) is 12.8 Å². The number of aromatic nitrogens is 1. The molecule has 3 nitrogen and oxygen atoms in total. The summed E-state index contributed by atoms with van der Waals surface area (Å²) >= 11 is 0. The van der Waals surface area contributed by atoms with Crippen LogP contribution < -0.4 is 5.73 Å². The number of hydrogen-bond acceptors (Lipinski definition) is 3. The van der Waals surface area contributed by atoms with Gasteiger partial charge in [-0.25, -0.2) is 0 Å². The van der Waals surface area contributed by atoms with Gasteiger partial charge in [-0.1, -0.05) is 13.0 Å². The van der Waals surface area contributed by atoms with E-state index < -0.39 is 0 Å². The Kier molecular flexibility index (Phi) is 6.04. The number of pyridine rings is 1. The molecule has 1 rings (SSSR count). The third kappa shape index (κ3) is 5.24. The van der Waals surface area contributed by atoms with Crippen molar-refractivity contribution >= 4 is 0 Å². The molecule has 0 saturated heterocycles. The van der Waals surface area contributed by atoms with E-state index in [9.17, 15) is 0 Å². The van der Waals surface area contributed by atoms with E-state index in [0.29, 0.717) is 5.92 Å². The Morgan fingerprint density at radius 3 is 2.88 bits per heavy atom. The lowest BCUT2D eigenvalue weighted by Crippen LogP contribution is -2.21. The van der Waals surface area contributed by atoms with Crippen molar-refractivity contribution in [3.05, 3.63) is 30.1 Å². The van der Waals surface area contributed by atoms with Crippen LogP contribution in [-0.4, -0.2) is 30.0 Å². The van der Waals surface area contributed by atoms with E-state index in [1.807, 2.05) is 18.3 Å². The monoisotopic (exact) mass is 221 g/mol. The van der Waals surface area contributed by atoms with Crippen LogP contribution in [0.3, 0.4) is 0 Å². The number of hydrogen-bond donors (Lipinski definition) is 1. The normalized spacial score (nSPS) is 13.0. The average Bonchev–Trinajstić information content (AvgIpc) is 2.30. The number of nitrogens with two attached hydrogens (primary N) is 1. The molecule has 0 radical (unpaired) electrons. The first-order chi connectivity index (χ1) is 7.72. The minimum Gasteiger partial charge on any atom is -0.330 e. The standard InChI is InChI=1S/C13H23N3/c1-12(10-14)6-5-9-16(2)11-13-7-3-4-8-15-13/h3-4,7-8,12H,5-6,9-11,14H2,1-2H3. The molecule has 0 aliphatic heterocycles. The van der Waals surface area contributed by atoms with Crippen molar-refractivity contribution in [3.63, 3.8) is 0 Å². The van der Waals surface area contributed by atoms with Crippen LogP contribution in [0.4, 0.5) is 0 Å². The molecular formula is C13H23N3. The molecular weight excluding hydrogens is 198 g/mol. The van der Waals surface area contributed by atoms with E-state index >= 15 is 0 Å². The maximum Gasteiger partial charge on any atom is 0.0543 e. The van der Waals surface area contributed by atoms with Crippen molar-refractivity contribution in [2.24, 2.45) is 11.7 Å². The van der Waals surface area contributed by atoms with E-state index in [0.717, 1.165) is 25.3 Å². The summed E-state index contributed by atoms with van der Waals surface area (Å²) in [4.78, 5) is 6.63. The summed E-state index contributed by atoms with van der Waals surface area (Å²) < 4.78 is 0. The lowest BCUT2D eigenvalue weighted by atomic mass is 10.1. The van der Waals surface area contributed by atoms with Crippen molar-refractivity contribution in [1.82, 2.24) is 9.88 Å². The zero-order valence-corrected chi connectivity index (χ0v) is 10.4. The summed E-state index contributed by atoms with van der Waals surface area (Å²) in [7, 11) is 2.14. The van der Waals surface area contributed by atoms with Crippen molar-refractivity contribution in [3.8, 4) is 0 Å². The van der Waals surface area contributed by atoms with E-state index in [1.54, 1.807) is 0 Å². The molecule has 0 amide bonds. The molecule has 3 heteroatoms. The molecule has 0 aromatic carbocycles. The Bertz CT molecular complexity index is 274. The van der Waals surface area contributed by atoms with Crippen LogP contribution in [0, 0.1) is 5.92 Å². The molecule has 2 N–H and O–H groups in total. The van der Waals surface area contributed by atoms with Crippen LogP contribution in [0.25, 0.3) is 0 Å². The fourth-order valence-corrected chi connectivity index (χ4v) is 1.67. The van der Waals surface area contributed by atoms with Crippen molar-refractivity contribution in [2.45, 2.75) is 26.3 Å². The maximum atomic E-state index is 5.59. The van der Waals surface area contributed by atoms with Crippen LogP contribution in [0.5, 0.6) is 0 Å². The van der Waals surface area contributed by atoms with Crippen molar-refractivity contribution in [2.75, 3.05) is 20.1 Å². The van der Waals surface area contributed by atoms with Gasteiger partial charge >= 0.3 is 0 Å². The lowest BCUT2D eigenvalue weighted by molar-refractivity contribution is 0.305. The summed E-state index contributed by atoms with van der Waals surface area (Å²) in [5.41, 5.74) is 6.72. The maximum absolute atomic E-state index is 5.59. The predicted octanol–water partition coefficient (Wildman–Crippen LogP) is 1.89. The smallest absolute Gasteiger partial charge is 0.0543 e. The molecule has 1 aromatic rings. The number of rotatable bonds is 7. The molecule has 0 aliphatic rings. The van der Waals surface area contributed by atoms with Gasteiger partial charge in [0, 0.05) is 12.7 Å². The minimum absolute atomic E-state index is 0.642. The predicted molar refractivity (Wildman–Crippen MR) is 68.0 cm³/mol. The summed E-state index contributed by atoms with van der Waals surface area (Å²) in [6.45, 7) is 5.04. The molecule has 1 heterocycles. The summed E-state index contributed by atoms with van der Waals surface area (Å²) in [6.07, 6.45) is 4.27. The topological polar surface area (TPSA) is 42.1 Å². The second-order valence-electron chi connectivity index (χ2n) is 4.54. The van der Waals surface area contributed by atoms with E-state index in [4.69, 9.17) is 5.73 Å². The first-order valence-corrected chi connectivity index (χ1v) is 6.01. The Morgan fingerprint density at radius 2 is 2.25 bits per heavy atom. The first kappa shape index (κ1) is 13.1. The van der Waals surface area contributed by atoms with Gasteiger partial charge in [-0.15, -0.1) is 0 Å². The van der Waals surface area contributed by atoms with Gasteiger partial charge in [0.25, 0.3) is 0 Å². The SMILES string of the molecule is CC(CN)CCCN(C)Cc1ccccn1. The second kappa shape index (κ2) is 7.36. The molecule has 0 spiro atoms. The fraction of sp³-hybridized carbons (Fsp3) is 0.615. The molecule has 0 bridgehead atoms. The van der Waals surface area contributed by atoms with E-state index in [2.05, 4.69) is 29.9 Å². The molecule has 0 saturated carbocycles. The van der Waals surface area contributed by atoms with Crippen molar-refractivity contribution < 1.29 is 0 Å². The molecule has 1 aromatic heterocycles. The van der Waals surface area contributed by atoms with Gasteiger partial charge in [-0.2, -0.15) is 0 Å². The molecule has 1 unspecified atom stereocenters. The Hall–Kier alpha value is -0.930. The highest BCUT2D eigenvalue weighted by molar-refractivity contribution is 5.02. The summed E-state index contributed by atoms with van der Waals surface area (Å²) in [5, 5.41) is 0. The van der Waals surface area contributed by atoms with Gasteiger partial charge in [0.05, 0.1) is 5.69 Å². The quantitative estimate of drug-likeness (QED) is 0.764. The van der Waals surface area contributed by atoms with Gasteiger partial charge in [0.2, 0.25) is 0 Å². The largest absolute Gasteiger partial charge is 0.330 e. The number of nitrogens with zero attached hydrogens (tertiary/aromatic N) is 2. The Balaban J connectivity index is 2.19. The lowest BCUT2D eigenvalue weighted by Gasteiger charge is -2.17. The van der Waals surface area contributed by atoms with Crippen LogP contribution >= 0.6 is 0 Å². The third-order valence-corrected chi connectivity index (χ3v) is 2.80. The zero-order chi connectivity index (χ0) is 11.8. The van der Waals surface area contributed by atoms with Crippen LogP contribution in [0.1, 0.15) is 25.5 Å². The van der Waals surface area contributed by atoms with Gasteiger partial charge in [-0.05, 0) is 51.0 Å². The molecule has 0 aliphatic carbocycles. The van der Waals surface area contributed by atoms with Crippen LogP contribution in [0.2, 0.25) is 0 Å². The van der Waals surface area contributed by atoms with Gasteiger partial charge in [-0.3, -0.25) is 4.98 Å². The highest BCUT2D eigenvalue weighted by Crippen LogP contribution is 2.05. The van der Waals surface area contributed by atoms with Crippen molar-refractivity contribution in [1.29, 1.82) is 0 Å². The van der Waals surface area contributed by atoms with Crippen LogP contribution in [-0.2, 0) is 6.54 Å². The van der Waals surface area contributed by atoms with Crippen LogP contribution in [0.15, 0.2) is 24.4 Å². The minimum atomic E-state index is 0.642. The Morgan fingerprint density at radius 1 is 1.44 bits per heavy atom. The fourth-order valence-electron chi connectivity index (χ4n) is 1.67. The average molecular weight is 221 g/mol. The van der Waals surface area contributed by atoms with Gasteiger partial charge in [0.1, 0.15) is 0 Å². The molecule has 0 fully saturated rings. The second-order valence-corrected chi connectivity index (χ2v) is 4.54. The highest BCUT2D eigenvalue weighted by atomic mass is 15.1. The summed E-state index contributed by atoms with van der Waals surface area (Å²) in [5.74, 6) is 0.642. The zero-order valence-electron chi connectivity index (χ0n) is 10.4. The molecule has 16 heavy (non-hydrogen) atoms. The van der Waals surface area contributed by atoms with Gasteiger partial charge < -0.3 is 10.6 Å². The van der Waals surface area contributed by atoms with E-state index in [-0.39, 0.29) is 0 Å².